The lowest BCUT2D eigenvalue weighted by Crippen LogP contribution is -2.10. The van der Waals surface area contributed by atoms with Crippen molar-refractivity contribution in [2.75, 3.05) is 13.9 Å². The number of ketones is 1. The molecule has 0 atom stereocenters. The van der Waals surface area contributed by atoms with E-state index in [1.807, 2.05) is 0 Å². The third-order valence-electron chi connectivity index (χ3n) is 0.731. The highest BCUT2D eigenvalue weighted by molar-refractivity contribution is 5.94. The Balaban J connectivity index is -0.000000405. The maximum absolute atomic E-state index is 10.5. The van der Waals surface area contributed by atoms with Crippen molar-refractivity contribution in [2.24, 2.45) is 0 Å². The van der Waals surface area contributed by atoms with Crippen molar-refractivity contribution in [3.8, 4) is 0 Å². The molecule has 0 bridgehead atoms. The quantitative estimate of drug-likeness (QED) is 0.371. The molecule has 0 aromatic rings. The predicted octanol–water partition coefficient (Wildman–Crippen LogP) is 1.38. The number of carbonyl (C=O) groups excluding carboxylic acids is 2. The summed E-state index contributed by atoms with van der Waals surface area (Å²) in [6.07, 6.45) is -0.177. The summed E-state index contributed by atoms with van der Waals surface area (Å²) in [5, 5.41) is 0. The molecule has 74 valence electrons. The van der Waals surface area contributed by atoms with Gasteiger partial charge in [-0.1, -0.05) is 14.9 Å². The molecule has 4 nitrogen and oxygen atoms in total. The van der Waals surface area contributed by atoms with E-state index in [9.17, 15) is 9.59 Å². The lowest BCUT2D eigenvalue weighted by molar-refractivity contribution is -0.155. The molecule has 0 N–H and O–H groups in total. The Hall–Kier alpha value is -0.900. The predicted molar refractivity (Wildman–Crippen MR) is 46.7 cm³/mol. The molecule has 4 heteroatoms. The molecule has 0 aromatic carbocycles. The molecule has 0 spiro atoms. The summed E-state index contributed by atoms with van der Waals surface area (Å²) >= 11 is 0. The summed E-state index contributed by atoms with van der Waals surface area (Å²) in [7, 11) is 1.40. The van der Waals surface area contributed by atoms with E-state index >= 15 is 0 Å². The van der Waals surface area contributed by atoms with Crippen LogP contribution in [-0.2, 0) is 19.1 Å². The van der Waals surface area contributed by atoms with Crippen molar-refractivity contribution < 1.29 is 19.1 Å². The summed E-state index contributed by atoms with van der Waals surface area (Å²) in [5.41, 5.74) is 0. The Kier molecular flexibility index (Phi) is 14.5. The van der Waals surface area contributed by atoms with Crippen LogP contribution >= 0.6 is 0 Å². The van der Waals surface area contributed by atoms with Crippen LogP contribution in [0.15, 0.2) is 0 Å². The molecule has 12 heavy (non-hydrogen) atoms. The standard InChI is InChI=1S/C6H10O4.2CH4/c1-5(7)3-6(8)10-4-9-2;;/h3-4H2,1-2H3;2*1H4. The molecule has 0 radical (unpaired) electrons. The Labute approximate surface area is 73.9 Å². The Morgan fingerprint density at radius 3 is 2.08 bits per heavy atom. The molecule has 0 aliphatic carbocycles. The number of hydrogen-bond donors (Lipinski definition) is 0. The maximum atomic E-state index is 10.5. The van der Waals surface area contributed by atoms with Crippen LogP contribution in [0.4, 0.5) is 0 Å². The van der Waals surface area contributed by atoms with E-state index in [2.05, 4.69) is 9.47 Å². The topological polar surface area (TPSA) is 52.6 Å². The first-order valence-corrected chi connectivity index (χ1v) is 2.81. The lowest BCUT2D eigenvalue weighted by atomic mass is 10.3. The number of ether oxygens (including phenoxy) is 2. The van der Waals surface area contributed by atoms with Gasteiger partial charge < -0.3 is 9.47 Å². The van der Waals surface area contributed by atoms with Gasteiger partial charge in [-0.05, 0) is 6.92 Å². The van der Waals surface area contributed by atoms with Crippen molar-refractivity contribution in [3.05, 3.63) is 0 Å². The number of esters is 1. The zero-order valence-corrected chi connectivity index (χ0v) is 6.05. The fourth-order valence-corrected chi connectivity index (χ4v) is 0.379. The molecule has 0 rings (SSSR count). The molecule has 0 saturated carbocycles. The second kappa shape index (κ2) is 10.1. The maximum Gasteiger partial charge on any atom is 0.315 e. The van der Waals surface area contributed by atoms with Gasteiger partial charge in [0.25, 0.3) is 0 Å². The van der Waals surface area contributed by atoms with Gasteiger partial charge in [-0.3, -0.25) is 9.59 Å². The van der Waals surface area contributed by atoms with E-state index in [-0.39, 0.29) is 33.9 Å². The highest BCUT2D eigenvalue weighted by Gasteiger charge is 2.04. The SMILES string of the molecule is C.C.COCOC(=O)CC(C)=O. The minimum absolute atomic E-state index is 0. The summed E-state index contributed by atoms with van der Waals surface area (Å²) in [5.74, 6) is -0.754. The van der Waals surface area contributed by atoms with E-state index in [0.717, 1.165) is 0 Å². The average molecular weight is 178 g/mol. The highest BCUT2D eigenvalue weighted by atomic mass is 16.7. The molecule has 0 aliphatic rings. The third-order valence-corrected chi connectivity index (χ3v) is 0.731. The van der Waals surface area contributed by atoms with E-state index in [1.54, 1.807) is 0 Å². The van der Waals surface area contributed by atoms with Gasteiger partial charge in [0, 0.05) is 7.11 Å². The van der Waals surface area contributed by atoms with Crippen molar-refractivity contribution >= 4 is 11.8 Å². The second-order valence-corrected chi connectivity index (χ2v) is 1.80. The number of Topliss-reactive ketones (excluding diaryl/α,β-unsaturated/α-hetero) is 1. The molecule has 0 amide bonds. The number of rotatable bonds is 4. The zero-order valence-electron chi connectivity index (χ0n) is 6.05. The summed E-state index contributed by atoms with van der Waals surface area (Å²) in [6.45, 7) is 1.24. The fourth-order valence-electron chi connectivity index (χ4n) is 0.379. The van der Waals surface area contributed by atoms with E-state index in [1.165, 1.54) is 14.0 Å². The largest absolute Gasteiger partial charge is 0.438 e. The molecule has 0 aliphatic heterocycles. The van der Waals surface area contributed by atoms with E-state index < -0.39 is 5.97 Å². The number of hydrogen-bond acceptors (Lipinski definition) is 4. The van der Waals surface area contributed by atoms with Gasteiger partial charge in [0.2, 0.25) is 0 Å². The minimum atomic E-state index is -0.547. The summed E-state index contributed by atoms with van der Waals surface area (Å²) in [4.78, 5) is 20.8. The summed E-state index contributed by atoms with van der Waals surface area (Å²) in [6, 6.07) is 0. The van der Waals surface area contributed by atoms with Crippen molar-refractivity contribution in [2.45, 2.75) is 28.2 Å². The highest BCUT2D eigenvalue weighted by Crippen LogP contribution is 1.86. The molecule has 0 heterocycles. The number of methoxy groups -OCH3 is 1. The lowest BCUT2D eigenvalue weighted by Gasteiger charge is -1.99. The van der Waals surface area contributed by atoms with Crippen LogP contribution in [0.3, 0.4) is 0 Å². The van der Waals surface area contributed by atoms with Crippen molar-refractivity contribution in [3.63, 3.8) is 0 Å². The van der Waals surface area contributed by atoms with E-state index in [0.29, 0.717) is 0 Å². The van der Waals surface area contributed by atoms with Gasteiger partial charge in [0.1, 0.15) is 12.2 Å². The molecule has 0 saturated heterocycles. The van der Waals surface area contributed by atoms with Gasteiger partial charge in [-0.15, -0.1) is 0 Å². The number of carbonyl (C=O) groups is 2. The summed E-state index contributed by atoms with van der Waals surface area (Å²) < 4.78 is 8.86. The van der Waals surface area contributed by atoms with Gasteiger partial charge in [0.15, 0.2) is 6.79 Å². The third kappa shape index (κ3) is 11.8. The van der Waals surface area contributed by atoms with Gasteiger partial charge >= 0.3 is 5.97 Å². The van der Waals surface area contributed by atoms with Crippen LogP contribution < -0.4 is 0 Å². The Morgan fingerprint density at radius 2 is 1.75 bits per heavy atom. The molecular formula is C8H18O4. The second-order valence-electron chi connectivity index (χ2n) is 1.80. The molecule has 0 unspecified atom stereocenters. The first-order chi connectivity index (χ1) is 4.66. The minimum Gasteiger partial charge on any atom is -0.438 e. The van der Waals surface area contributed by atoms with Crippen molar-refractivity contribution in [1.29, 1.82) is 0 Å². The Morgan fingerprint density at radius 1 is 1.25 bits per heavy atom. The Bertz CT molecular complexity index is 131. The van der Waals surface area contributed by atoms with Crippen LogP contribution in [0.5, 0.6) is 0 Å². The van der Waals surface area contributed by atoms with Crippen LogP contribution in [0.1, 0.15) is 28.2 Å². The zero-order chi connectivity index (χ0) is 7.98. The average Bonchev–Trinajstić information content (AvgIpc) is 1.82. The fraction of sp³-hybridized carbons (Fsp3) is 0.750. The van der Waals surface area contributed by atoms with Crippen LogP contribution in [0.25, 0.3) is 0 Å². The van der Waals surface area contributed by atoms with Gasteiger partial charge in [-0.25, -0.2) is 0 Å². The smallest absolute Gasteiger partial charge is 0.315 e. The van der Waals surface area contributed by atoms with Crippen molar-refractivity contribution in [1.82, 2.24) is 0 Å². The van der Waals surface area contributed by atoms with Gasteiger partial charge in [-0.2, -0.15) is 0 Å². The molecule has 0 aromatic heterocycles. The first-order valence-electron chi connectivity index (χ1n) is 2.81. The first kappa shape index (κ1) is 17.3. The van der Waals surface area contributed by atoms with Crippen LogP contribution in [-0.4, -0.2) is 25.7 Å². The normalized spacial score (nSPS) is 7.50. The molecular weight excluding hydrogens is 160 g/mol. The van der Waals surface area contributed by atoms with Gasteiger partial charge in [0.05, 0.1) is 0 Å². The van der Waals surface area contributed by atoms with Crippen LogP contribution in [0, 0.1) is 0 Å². The van der Waals surface area contributed by atoms with Crippen LogP contribution in [0.2, 0.25) is 0 Å². The molecule has 0 fully saturated rings. The monoisotopic (exact) mass is 178 g/mol. The van der Waals surface area contributed by atoms with E-state index in [4.69, 9.17) is 0 Å².